The summed E-state index contributed by atoms with van der Waals surface area (Å²) in [6.07, 6.45) is 0. The number of thiophene rings is 1. The third-order valence-corrected chi connectivity index (χ3v) is 9.08. The van der Waals surface area contributed by atoms with Crippen LogP contribution in [0.15, 0.2) is 63.6 Å². The Bertz CT molecular complexity index is 1710. The molecule has 0 radical (unpaired) electrons. The summed E-state index contributed by atoms with van der Waals surface area (Å²) in [6, 6.07) is 12.1. The average Bonchev–Trinajstić information content (AvgIpc) is 3.38. The summed E-state index contributed by atoms with van der Waals surface area (Å²) in [6.45, 7) is 5.91. The van der Waals surface area contributed by atoms with Gasteiger partial charge >= 0.3 is 5.97 Å². The molecule has 0 bridgehead atoms. The van der Waals surface area contributed by atoms with Gasteiger partial charge in [0, 0.05) is 29.4 Å². The van der Waals surface area contributed by atoms with Gasteiger partial charge in [0.25, 0.3) is 11.5 Å². The highest BCUT2D eigenvalue weighted by molar-refractivity contribution is 7.89. The van der Waals surface area contributed by atoms with Gasteiger partial charge in [0.2, 0.25) is 10.0 Å². The number of hydrogen-bond acceptors (Lipinski definition) is 9. The van der Waals surface area contributed by atoms with Gasteiger partial charge in [-0.05, 0) is 55.5 Å². The van der Waals surface area contributed by atoms with E-state index in [1.807, 2.05) is 0 Å². The number of ether oxygens (including phenoxy) is 2. The lowest BCUT2D eigenvalue weighted by Crippen LogP contribution is -2.30. The summed E-state index contributed by atoms with van der Waals surface area (Å²) in [5.41, 5.74) is -0.0534. The van der Waals surface area contributed by atoms with Gasteiger partial charge in [0.1, 0.15) is 10.8 Å². The maximum Gasteiger partial charge on any atom is 0.359 e. The Kier molecular flexibility index (Phi) is 8.67. The van der Waals surface area contributed by atoms with Crippen LogP contribution in [0.2, 0.25) is 0 Å². The summed E-state index contributed by atoms with van der Waals surface area (Å²) < 4.78 is 38.3. The number of rotatable bonds is 10. The molecule has 2 heterocycles. The number of sulfonamides is 1. The molecule has 40 heavy (non-hydrogen) atoms. The van der Waals surface area contributed by atoms with Crippen LogP contribution in [0.4, 0.5) is 5.00 Å². The Balaban J connectivity index is 1.74. The average molecular weight is 585 g/mol. The lowest BCUT2D eigenvalue weighted by atomic mass is 10.2. The Morgan fingerprint density at radius 3 is 2.25 bits per heavy atom. The number of fused-ring (bicyclic) bond motifs is 1. The van der Waals surface area contributed by atoms with Crippen molar-refractivity contribution in [3.8, 4) is 11.4 Å². The largest absolute Gasteiger partial charge is 0.497 e. The number of anilines is 1. The molecule has 2 aromatic carbocycles. The van der Waals surface area contributed by atoms with Crippen molar-refractivity contribution in [1.29, 1.82) is 0 Å². The third-order valence-electron chi connectivity index (χ3n) is 6.12. The highest BCUT2D eigenvalue weighted by atomic mass is 32.2. The van der Waals surface area contributed by atoms with Gasteiger partial charge in [-0.15, -0.1) is 11.3 Å². The zero-order valence-corrected chi connectivity index (χ0v) is 24.0. The Hall–Kier alpha value is -4.07. The van der Waals surface area contributed by atoms with Crippen molar-refractivity contribution in [2.24, 2.45) is 0 Å². The molecular weight excluding hydrogens is 556 g/mol. The molecule has 11 nitrogen and oxygen atoms in total. The Labute approximate surface area is 235 Å². The first-order valence-electron chi connectivity index (χ1n) is 12.4. The minimum Gasteiger partial charge on any atom is -0.497 e. The molecule has 0 aliphatic carbocycles. The molecular formula is C27H28N4O7S2. The van der Waals surface area contributed by atoms with E-state index in [-0.39, 0.29) is 38.5 Å². The SMILES string of the molecule is CCOC(=O)c1nn(-c2ccc(OC)cc2)c(=O)c2c(NC(=O)c3ccc(S(=O)(=O)N(CC)CC)cc3)scc12. The van der Waals surface area contributed by atoms with Crippen molar-refractivity contribution in [2.45, 2.75) is 25.7 Å². The first-order valence-corrected chi connectivity index (χ1v) is 14.8. The van der Waals surface area contributed by atoms with Crippen molar-refractivity contribution in [3.63, 3.8) is 0 Å². The van der Waals surface area contributed by atoms with Gasteiger partial charge in [-0.25, -0.2) is 13.2 Å². The minimum atomic E-state index is -3.68. The molecule has 1 N–H and O–H groups in total. The molecule has 0 aliphatic heterocycles. The summed E-state index contributed by atoms with van der Waals surface area (Å²) >= 11 is 1.06. The maximum atomic E-state index is 13.6. The number of aromatic nitrogens is 2. The van der Waals surface area contributed by atoms with Crippen LogP contribution >= 0.6 is 11.3 Å². The molecule has 4 aromatic rings. The number of amides is 1. The standard InChI is InChI=1S/C27H28N4O7S2/c1-5-30(6-2)40(35,36)20-14-8-17(9-15-20)24(32)28-25-22-21(16-39-25)23(27(34)38-7-3)29-31(26(22)33)18-10-12-19(37-4)13-11-18/h8-16H,5-7H2,1-4H3,(H,28,32). The smallest absolute Gasteiger partial charge is 0.359 e. The highest BCUT2D eigenvalue weighted by Gasteiger charge is 2.25. The predicted molar refractivity (Wildman–Crippen MR) is 152 cm³/mol. The van der Waals surface area contributed by atoms with Gasteiger partial charge in [0.15, 0.2) is 5.69 Å². The Morgan fingerprint density at radius 1 is 1.02 bits per heavy atom. The van der Waals surface area contributed by atoms with Gasteiger partial charge in [-0.2, -0.15) is 14.1 Å². The normalized spacial score (nSPS) is 11.5. The molecule has 0 saturated heterocycles. The van der Waals surface area contributed by atoms with Crippen LogP contribution in [-0.2, 0) is 14.8 Å². The molecule has 0 saturated carbocycles. The van der Waals surface area contributed by atoms with Gasteiger partial charge < -0.3 is 14.8 Å². The number of carbonyl (C=O) groups excluding carboxylic acids is 2. The van der Waals surface area contributed by atoms with Crippen molar-refractivity contribution in [1.82, 2.24) is 14.1 Å². The van der Waals surface area contributed by atoms with E-state index >= 15 is 0 Å². The fourth-order valence-electron chi connectivity index (χ4n) is 4.06. The molecule has 0 spiro atoms. The summed E-state index contributed by atoms with van der Waals surface area (Å²) in [5.74, 6) is -0.696. The van der Waals surface area contributed by atoms with E-state index in [1.165, 1.54) is 35.7 Å². The number of carbonyl (C=O) groups is 2. The molecule has 1 amide bonds. The van der Waals surface area contributed by atoms with Crippen LogP contribution in [0.5, 0.6) is 5.75 Å². The van der Waals surface area contributed by atoms with Crippen LogP contribution < -0.4 is 15.6 Å². The lowest BCUT2D eigenvalue weighted by Gasteiger charge is -2.18. The molecule has 0 unspecified atom stereocenters. The molecule has 0 aliphatic rings. The number of methoxy groups -OCH3 is 1. The van der Waals surface area contributed by atoms with Gasteiger partial charge in [0.05, 0.1) is 29.7 Å². The van der Waals surface area contributed by atoms with Crippen LogP contribution in [0.25, 0.3) is 16.5 Å². The molecule has 0 atom stereocenters. The number of benzene rings is 2. The number of esters is 1. The van der Waals surface area contributed by atoms with E-state index in [0.29, 0.717) is 24.5 Å². The first-order chi connectivity index (χ1) is 19.2. The quantitative estimate of drug-likeness (QED) is 0.277. The van der Waals surface area contributed by atoms with E-state index in [2.05, 4.69) is 10.4 Å². The predicted octanol–water partition coefficient (Wildman–Crippen LogP) is 3.92. The van der Waals surface area contributed by atoms with E-state index in [0.717, 1.165) is 16.0 Å². The molecule has 4 rings (SSSR count). The number of nitrogens with zero attached hydrogens (tertiary/aromatic N) is 3. The second kappa shape index (κ2) is 12.0. The van der Waals surface area contributed by atoms with Gasteiger partial charge in [-0.3, -0.25) is 9.59 Å². The van der Waals surface area contributed by atoms with Crippen LogP contribution in [0.3, 0.4) is 0 Å². The summed E-state index contributed by atoms with van der Waals surface area (Å²) in [7, 11) is -2.16. The maximum absolute atomic E-state index is 13.6. The van der Waals surface area contributed by atoms with Crippen molar-refractivity contribution in [3.05, 3.63) is 75.5 Å². The number of hydrogen-bond donors (Lipinski definition) is 1. The molecule has 13 heteroatoms. The fraction of sp³-hybridized carbons (Fsp3) is 0.259. The van der Waals surface area contributed by atoms with Crippen LogP contribution in [-0.4, -0.2) is 61.2 Å². The van der Waals surface area contributed by atoms with Crippen LogP contribution in [0.1, 0.15) is 41.6 Å². The van der Waals surface area contributed by atoms with E-state index in [4.69, 9.17) is 9.47 Å². The molecule has 210 valence electrons. The third kappa shape index (κ3) is 5.48. The van der Waals surface area contributed by atoms with Crippen molar-refractivity contribution >= 4 is 49.0 Å². The lowest BCUT2D eigenvalue weighted by molar-refractivity contribution is 0.0519. The van der Waals surface area contributed by atoms with E-state index < -0.39 is 27.5 Å². The topological polar surface area (TPSA) is 137 Å². The van der Waals surface area contributed by atoms with Gasteiger partial charge in [-0.1, -0.05) is 13.8 Å². The monoisotopic (exact) mass is 584 g/mol. The summed E-state index contributed by atoms with van der Waals surface area (Å²) in [4.78, 5) is 39.5. The molecule has 0 fully saturated rings. The van der Waals surface area contributed by atoms with E-state index in [1.54, 1.807) is 50.4 Å². The van der Waals surface area contributed by atoms with Crippen LogP contribution in [0, 0.1) is 0 Å². The fourth-order valence-corrected chi connectivity index (χ4v) is 6.45. The zero-order valence-electron chi connectivity index (χ0n) is 22.3. The Morgan fingerprint density at radius 2 is 1.68 bits per heavy atom. The zero-order chi connectivity index (χ0) is 29.0. The van der Waals surface area contributed by atoms with E-state index in [9.17, 15) is 22.8 Å². The molecule has 2 aromatic heterocycles. The highest BCUT2D eigenvalue weighted by Crippen LogP contribution is 2.31. The van der Waals surface area contributed by atoms with Crippen molar-refractivity contribution < 1.29 is 27.5 Å². The number of nitrogens with one attached hydrogen (secondary N) is 1. The minimum absolute atomic E-state index is 0.0712. The first kappa shape index (κ1) is 28.9. The summed E-state index contributed by atoms with van der Waals surface area (Å²) in [5, 5.41) is 9.11. The second-order valence-corrected chi connectivity index (χ2v) is 11.2. The second-order valence-electron chi connectivity index (χ2n) is 8.41. The van der Waals surface area contributed by atoms with Crippen molar-refractivity contribution in [2.75, 3.05) is 32.1 Å².